The number of aromatic nitrogens is 2. The van der Waals surface area contributed by atoms with Crippen LogP contribution in [0.2, 0.25) is 5.02 Å². The molecule has 0 saturated carbocycles. The quantitative estimate of drug-likeness (QED) is 0.485. The van der Waals surface area contributed by atoms with E-state index in [2.05, 4.69) is 35.4 Å². The Labute approximate surface area is 185 Å². The number of hydrogen-bond donors (Lipinski definition) is 3. The molecule has 0 unspecified atom stereocenters. The molecule has 8 nitrogen and oxygen atoms in total. The minimum absolute atomic E-state index is 0.0490. The van der Waals surface area contributed by atoms with Crippen LogP contribution in [0.25, 0.3) is 5.70 Å². The molecule has 1 aromatic carbocycles. The summed E-state index contributed by atoms with van der Waals surface area (Å²) in [5.41, 5.74) is 14.0. The van der Waals surface area contributed by atoms with Crippen molar-refractivity contribution in [2.24, 2.45) is 5.73 Å². The van der Waals surface area contributed by atoms with Gasteiger partial charge in [0.05, 0.1) is 11.1 Å². The maximum Gasteiger partial charge on any atom is 0.255 e. The smallest absolute Gasteiger partial charge is 0.255 e. The normalized spacial score (nSPS) is 15.2. The number of rotatable bonds is 5. The Bertz CT molecular complexity index is 1140. The maximum absolute atomic E-state index is 12.0. The molecular formula is C22H23ClN6O2. The summed E-state index contributed by atoms with van der Waals surface area (Å²) in [6, 6.07) is 5.14. The second kappa shape index (κ2) is 8.98. The third kappa shape index (κ3) is 4.42. The minimum atomic E-state index is -0.728. The first-order chi connectivity index (χ1) is 14.8. The molecule has 5 N–H and O–H groups in total. The largest absolute Gasteiger partial charge is 0.388 e. The van der Waals surface area contributed by atoms with Gasteiger partial charge in [0.25, 0.3) is 5.91 Å². The lowest BCUT2D eigenvalue weighted by atomic mass is 10.1. The number of carbonyl (C=O) groups excluding carboxylic acids is 2. The van der Waals surface area contributed by atoms with Crippen molar-refractivity contribution in [2.45, 2.75) is 12.5 Å². The van der Waals surface area contributed by atoms with Crippen LogP contribution in [0.1, 0.15) is 39.6 Å². The van der Waals surface area contributed by atoms with Crippen LogP contribution in [0.5, 0.6) is 0 Å². The van der Waals surface area contributed by atoms with Crippen LogP contribution < -0.4 is 16.8 Å². The first-order valence-electron chi connectivity index (χ1n) is 9.54. The first kappa shape index (κ1) is 22.0. The van der Waals surface area contributed by atoms with Crippen LogP contribution >= 0.6 is 11.6 Å². The molecule has 1 fully saturated rings. The number of nitrogens with one attached hydrogen (secondary N) is 1. The van der Waals surface area contributed by atoms with E-state index in [-0.39, 0.29) is 29.0 Å². The molecule has 0 spiro atoms. The average Bonchev–Trinajstić information content (AvgIpc) is 3.36. The number of nitrogens with zero attached hydrogens (tertiary/aromatic N) is 3. The van der Waals surface area contributed by atoms with Crippen molar-refractivity contribution in [1.82, 2.24) is 20.0 Å². The Hall–Kier alpha value is -3.70. The van der Waals surface area contributed by atoms with Crippen molar-refractivity contribution in [3.63, 3.8) is 0 Å². The lowest BCUT2D eigenvalue weighted by molar-refractivity contribution is -0.125. The number of nitrogens with two attached hydrogens (primary N) is 2. The lowest BCUT2D eigenvalue weighted by Crippen LogP contribution is -2.27. The number of primary amides is 1. The number of halogens is 1. The van der Waals surface area contributed by atoms with E-state index >= 15 is 0 Å². The molecule has 1 atom stereocenters. The highest BCUT2D eigenvalue weighted by atomic mass is 35.5. The summed E-state index contributed by atoms with van der Waals surface area (Å²) >= 11 is 6.27. The van der Waals surface area contributed by atoms with Crippen molar-refractivity contribution in [2.75, 3.05) is 25.9 Å². The van der Waals surface area contributed by atoms with E-state index in [4.69, 9.17) is 23.1 Å². The summed E-state index contributed by atoms with van der Waals surface area (Å²) in [7, 11) is 1.77. The van der Waals surface area contributed by atoms with Gasteiger partial charge in [-0.15, -0.1) is 0 Å². The molecule has 160 valence electrons. The van der Waals surface area contributed by atoms with Crippen molar-refractivity contribution in [1.29, 1.82) is 0 Å². The van der Waals surface area contributed by atoms with Gasteiger partial charge in [0.2, 0.25) is 5.91 Å². The predicted octanol–water partition coefficient (Wildman–Crippen LogP) is 1.77. The predicted molar refractivity (Wildman–Crippen MR) is 121 cm³/mol. The lowest BCUT2D eigenvalue weighted by Gasteiger charge is -2.15. The molecule has 3 rings (SSSR count). The summed E-state index contributed by atoms with van der Waals surface area (Å²) in [6.45, 7) is 8.38. The first-order valence-corrected chi connectivity index (χ1v) is 9.92. The van der Waals surface area contributed by atoms with Gasteiger partial charge < -0.3 is 21.7 Å². The van der Waals surface area contributed by atoms with Crippen molar-refractivity contribution < 1.29 is 9.59 Å². The fourth-order valence-corrected chi connectivity index (χ4v) is 3.57. The zero-order chi connectivity index (χ0) is 22.7. The zero-order valence-corrected chi connectivity index (χ0v) is 17.9. The van der Waals surface area contributed by atoms with Crippen LogP contribution in [-0.2, 0) is 4.79 Å². The number of hydrogen-bond acceptors (Lipinski definition) is 5. The van der Waals surface area contributed by atoms with E-state index in [1.54, 1.807) is 24.1 Å². The minimum Gasteiger partial charge on any atom is -0.388 e. The fourth-order valence-electron chi connectivity index (χ4n) is 3.41. The van der Waals surface area contributed by atoms with E-state index in [0.717, 1.165) is 5.56 Å². The van der Waals surface area contributed by atoms with Gasteiger partial charge in [-0.3, -0.25) is 9.59 Å². The molecule has 31 heavy (non-hydrogen) atoms. The van der Waals surface area contributed by atoms with E-state index in [1.165, 1.54) is 10.8 Å². The highest BCUT2D eigenvalue weighted by molar-refractivity contribution is 6.31. The van der Waals surface area contributed by atoms with Crippen LogP contribution in [-0.4, -0.2) is 46.6 Å². The van der Waals surface area contributed by atoms with E-state index in [1.807, 2.05) is 6.07 Å². The number of likely N-dealkylation sites (tertiary alicyclic amines) is 1. The van der Waals surface area contributed by atoms with Gasteiger partial charge in [0.15, 0.2) is 5.69 Å². The van der Waals surface area contributed by atoms with Crippen molar-refractivity contribution >= 4 is 34.9 Å². The Balaban J connectivity index is 1.98. The second-order valence-corrected chi connectivity index (χ2v) is 7.43. The third-order valence-electron chi connectivity index (χ3n) is 5.12. The molecule has 1 aliphatic heterocycles. The maximum atomic E-state index is 12.0. The molecule has 2 heterocycles. The summed E-state index contributed by atoms with van der Waals surface area (Å²) in [5, 5.41) is 7.85. The van der Waals surface area contributed by atoms with E-state index in [9.17, 15) is 9.59 Å². The molecule has 2 amide bonds. The highest BCUT2D eigenvalue weighted by Crippen LogP contribution is 2.27. The van der Waals surface area contributed by atoms with Gasteiger partial charge in [-0.25, -0.2) is 4.68 Å². The fraction of sp³-hybridized carbons (Fsp3) is 0.227. The summed E-state index contributed by atoms with van der Waals surface area (Å²) in [5.74, 6) is 5.04. The number of benzene rings is 1. The highest BCUT2D eigenvalue weighted by Gasteiger charge is 2.30. The van der Waals surface area contributed by atoms with Gasteiger partial charge in [0, 0.05) is 31.4 Å². The molecule has 2 aromatic rings. The summed E-state index contributed by atoms with van der Waals surface area (Å²) < 4.78 is 1.52. The van der Waals surface area contributed by atoms with Crippen molar-refractivity contribution in [3.05, 3.63) is 64.8 Å². The van der Waals surface area contributed by atoms with Gasteiger partial charge in [-0.2, -0.15) is 5.10 Å². The van der Waals surface area contributed by atoms with Crippen molar-refractivity contribution in [3.8, 4) is 11.8 Å². The van der Waals surface area contributed by atoms with Crippen LogP contribution in [0, 0.1) is 11.8 Å². The zero-order valence-electron chi connectivity index (χ0n) is 17.1. The molecule has 1 aromatic heterocycles. The second-order valence-electron chi connectivity index (χ2n) is 7.02. The van der Waals surface area contributed by atoms with E-state index < -0.39 is 5.91 Å². The molecular weight excluding hydrogens is 416 g/mol. The average molecular weight is 439 g/mol. The van der Waals surface area contributed by atoms with Crippen LogP contribution in [0.15, 0.2) is 37.4 Å². The topological polar surface area (TPSA) is 119 Å². The van der Waals surface area contributed by atoms with Crippen LogP contribution in [0.3, 0.4) is 0 Å². The Morgan fingerprint density at radius 2 is 2.13 bits per heavy atom. The summed E-state index contributed by atoms with van der Waals surface area (Å²) in [6.07, 6.45) is 1.90. The molecule has 9 heteroatoms. The number of amides is 2. The molecule has 0 bridgehead atoms. The Morgan fingerprint density at radius 3 is 2.77 bits per heavy atom. The third-order valence-corrected chi connectivity index (χ3v) is 5.45. The Kier molecular flexibility index (Phi) is 6.37. The molecule has 0 radical (unpaired) electrons. The Morgan fingerprint density at radius 1 is 1.39 bits per heavy atom. The van der Waals surface area contributed by atoms with Gasteiger partial charge in [-0.05, 0) is 36.1 Å². The standard InChI is InChI=1S/C22H23ClN6O2/c1-4-19(30)28-10-9-16(12-28)29-21(24)20(22(25)31)18(27-29)8-6-15-11-14(13(2)26-3)5-7-17(15)23/h4-5,7,11,16,26H,1-2,9-10,12,24H2,3H3,(H2,25,31)/t16-/m0/s1. The van der Waals surface area contributed by atoms with Gasteiger partial charge in [0.1, 0.15) is 11.4 Å². The molecule has 1 aliphatic rings. The van der Waals surface area contributed by atoms with Crippen LogP contribution in [0.4, 0.5) is 5.82 Å². The molecule has 1 saturated heterocycles. The monoisotopic (exact) mass is 438 g/mol. The van der Waals surface area contributed by atoms with Gasteiger partial charge >= 0.3 is 0 Å². The number of carbonyl (C=O) groups is 2. The SMILES string of the molecule is C=CC(=O)N1CC[C@H](n2nc(C#Cc3cc(C(=C)NC)ccc3Cl)c(C(N)=O)c2N)C1. The number of nitrogen functional groups attached to an aromatic ring is 1. The number of anilines is 1. The van der Waals surface area contributed by atoms with E-state index in [0.29, 0.717) is 35.8 Å². The molecule has 0 aliphatic carbocycles. The van der Waals surface area contributed by atoms with Gasteiger partial charge in [-0.1, -0.05) is 36.7 Å². The summed E-state index contributed by atoms with van der Waals surface area (Å²) in [4.78, 5) is 25.6.